The van der Waals surface area contributed by atoms with Crippen molar-refractivity contribution >= 4 is 55.8 Å². The first-order chi connectivity index (χ1) is 15.6. The third-order valence-corrected chi connectivity index (χ3v) is 6.93. The Labute approximate surface area is 194 Å². The molecule has 1 aromatic heterocycles. The number of fused-ring (bicyclic) bond motifs is 1. The smallest absolute Gasteiger partial charge is 0.234 e. The Morgan fingerprint density at radius 3 is 2.47 bits per heavy atom. The number of thiazole rings is 1. The average Bonchev–Trinajstić information content (AvgIpc) is 3.43. The summed E-state index contributed by atoms with van der Waals surface area (Å²) in [6.07, 6.45) is 0.185. The molecule has 5 rings (SSSR count). The molecule has 0 spiro atoms. The zero-order valence-electron chi connectivity index (χ0n) is 17.1. The van der Waals surface area contributed by atoms with Gasteiger partial charge in [0.25, 0.3) is 0 Å². The molecule has 2 amide bonds. The number of nitrogens with zero attached hydrogens (tertiary/aromatic N) is 3. The van der Waals surface area contributed by atoms with E-state index in [-0.39, 0.29) is 18.2 Å². The molecule has 7 heteroatoms. The van der Waals surface area contributed by atoms with E-state index in [9.17, 15) is 9.59 Å². The van der Waals surface area contributed by atoms with Gasteiger partial charge in [-0.15, -0.1) is 0 Å². The van der Waals surface area contributed by atoms with Crippen LogP contribution in [0.25, 0.3) is 10.2 Å². The minimum atomic E-state index is -0.436. The monoisotopic (exact) mass is 461 g/mol. The topological polar surface area (TPSA) is 53.5 Å². The van der Waals surface area contributed by atoms with E-state index in [0.29, 0.717) is 28.8 Å². The van der Waals surface area contributed by atoms with Crippen LogP contribution in [0.3, 0.4) is 0 Å². The number of carbonyl (C=O) groups excluding carboxylic acids is 2. The molecule has 1 unspecified atom stereocenters. The number of hydrogen-bond donors (Lipinski definition) is 0. The molecule has 2 heterocycles. The lowest BCUT2D eigenvalue weighted by molar-refractivity contribution is -0.124. The van der Waals surface area contributed by atoms with Crippen molar-refractivity contribution in [2.75, 3.05) is 16.3 Å². The summed E-state index contributed by atoms with van der Waals surface area (Å²) in [5.74, 6) is -0.578. The number of carbonyl (C=O) groups is 2. The van der Waals surface area contributed by atoms with Gasteiger partial charge in [0.2, 0.25) is 11.8 Å². The molecule has 0 saturated carbocycles. The van der Waals surface area contributed by atoms with Crippen LogP contribution >= 0.6 is 22.9 Å². The van der Waals surface area contributed by atoms with Crippen LogP contribution in [-0.4, -0.2) is 23.3 Å². The molecule has 1 aliphatic heterocycles. The summed E-state index contributed by atoms with van der Waals surface area (Å²) >= 11 is 7.77. The van der Waals surface area contributed by atoms with E-state index >= 15 is 0 Å². The van der Waals surface area contributed by atoms with Gasteiger partial charge in [0.15, 0.2) is 5.13 Å². The number of anilines is 2. The summed E-state index contributed by atoms with van der Waals surface area (Å²) in [6.45, 7) is 0.742. The fourth-order valence-electron chi connectivity index (χ4n) is 3.98. The predicted octanol–water partition coefficient (Wildman–Crippen LogP) is 5.54. The Morgan fingerprint density at radius 2 is 1.75 bits per heavy atom. The first kappa shape index (κ1) is 20.7. The second-order valence-corrected chi connectivity index (χ2v) is 9.15. The van der Waals surface area contributed by atoms with E-state index in [1.165, 1.54) is 11.3 Å². The number of para-hydroxylation sites is 2. The Morgan fingerprint density at radius 1 is 1.03 bits per heavy atom. The van der Waals surface area contributed by atoms with Crippen LogP contribution in [-0.2, 0) is 16.1 Å². The van der Waals surface area contributed by atoms with Crippen molar-refractivity contribution in [3.8, 4) is 0 Å². The molecule has 1 saturated heterocycles. The normalized spacial score (nSPS) is 16.0. The largest absolute Gasteiger partial charge is 0.312 e. The van der Waals surface area contributed by atoms with Crippen molar-refractivity contribution in [2.45, 2.75) is 13.0 Å². The molecular formula is C25H20ClN3O2S. The van der Waals surface area contributed by atoms with Crippen molar-refractivity contribution in [3.63, 3.8) is 0 Å². The predicted molar refractivity (Wildman–Crippen MR) is 129 cm³/mol. The van der Waals surface area contributed by atoms with Gasteiger partial charge in [-0.1, -0.05) is 77.5 Å². The minimum Gasteiger partial charge on any atom is -0.312 e. The molecule has 0 N–H and O–H groups in total. The van der Waals surface area contributed by atoms with Crippen LogP contribution in [0.15, 0.2) is 78.9 Å². The molecule has 160 valence electrons. The summed E-state index contributed by atoms with van der Waals surface area (Å²) in [5.41, 5.74) is 2.50. The van der Waals surface area contributed by atoms with Gasteiger partial charge in [0.1, 0.15) is 5.52 Å². The van der Waals surface area contributed by atoms with Gasteiger partial charge in [-0.2, -0.15) is 0 Å². The van der Waals surface area contributed by atoms with E-state index in [1.807, 2.05) is 72.8 Å². The zero-order chi connectivity index (χ0) is 22.1. The highest BCUT2D eigenvalue weighted by molar-refractivity contribution is 7.22. The number of benzene rings is 3. The maximum atomic E-state index is 13.7. The second-order valence-electron chi connectivity index (χ2n) is 7.73. The van der Waals surface area contributed by atoms with Crippen LogP contribution in [0.1, 0.15) is 12.0 Å². The van der Waals surface area contributed by atoms with E-state index in [1.54, 1.807) is 15.9 Å². The Kier molecular flexibility index (Phi) is 5.64. The SMILES string of the molecule is O=C1CC(C(=O)N(Cc2ccccc2)c2nc3c(Cl)cccc3s2)CN1c1ccccc1. The van der Waals surface area contributed by atoms with Gasteiger partial charge >= 0.3 is 0 Å². The van der Waals surface area contributed by atoms with E-state index < -0.39 is 5.92 Å². The van der Waals surface area contributed by atoms with Gasteiger partial charge in [-0.25, -0.2) is 4.98 Å². The van der Waals surface area contributed by atoms with Crippen molar-refractivity contribution in [2.24, 2.45) is 5.92 Å². The molecule has 4 aromatic rings. The van der Waals surface area contributed by atoms with Crippen LogP contribution in [0.5, 0.6) is 0 Å². The highest BCUT2D eigenvalue weighted by Crippen LogP contribution is 2.35. The number of amides is 2. The maximum Gasteiger partial charge on any atom is 0.234 e. The molecule has 0 aliphatic carbocycles. The highest BCUT2D eigenvalue weighted by Gasteiger charge is 2.38. The number of halogens is 1. The molecule has 0 radical (unpaired) electrons. The summed E-state index contributed by atoms with van der Waals surface area (Å²) in [7, 11) is 0. The highest BCUT2D eigenvalue weighted by atomic mass is 35.5. The third kappa shape index (κ3) is 3.99. The molecule has 1 fully saturated rings. The summed E-state index contributed by atoms with van der Waals surface area (Å²) in [4.78, 5) is 34.5. The van der Waals surface area contributed by atoms with Crippen LogP contribution in [0.2, 0.25) is 5.02 Å². The molecule has 5 nitrogen and oxygen atoms in total. The quantitative estimate of drug-likeness (QED) is 0.392. The van der Waals surface area contributed by atoms with E-state index in [4.69, 9.17) is 16.6 Å². The van der Waals surface area contributed by atoms with E-state index in [0.717, 1.165) is 16.0 Å². The fraction of sp³-hybridized carbons (Fsp3) is 0.160. The van der Waals surface area contributed by atoms with Gasteiger partial charge in [-0.05, 0) is 29.8 Å². The maximum absolute atomic E-state index is 13.7. The minimum absolute atomic E-state index is 0.0402. The van der Waals surface area contributed by atoms with E-state index in [2.05, 4.69) is 0 Å². The molecule has 1 aliphatic rings. The molecule has 1 atom stereocenters. The number of aromatic nitrogens is 1. The Hall–Kier alpha value is -3.22. The fourth-order valence-corrected chi connectivity index (χ4v) is 5.25. The Bertz CT molecular complexity index is 1280. The van der Waals surface area contributed by atoms with Gasteiger partial charge < -0.3 is 4.90 Å². The number of rotatable bonds is 5. The lowest BCUT2D eigenvalue weighted by Crippen LogP contribution is -2.37. The summed E-state index contributed by atoms with van der Waals surface area (Å²) in [5, 5.41) is 1.15. The molecule has 32 heavy (non-hydrogen) atoms. The summed E-state index contributed by atoms with van der Waals surface area (Å²) < 4.78 is 0.923. The second kappa shape index (κ2) is 8.73. The van der Waals surface area contributed by atoms with Gasteiger partial charge in [0.05, 0.1) is 22.2 Å². The average molecular weight is 462 g/mol. The number of hydrogen-bond acceptors (Lipinski definition) is 4. The van der Waals surface area contributed by atoms with Crippen molar-refractivity contribution in [1.82, 2.24) is 4.98 Å². The molecule has 0 bridgehead atoms. The van der Waals surface area contributed by atoms with Crippen molar-refractivity contribution in [1.29, 1.82) is 0 Å². The zero-order valence-corrected chi connectivity index (χ0v) is 18.7. The summed E-state index contributed by atoms with van der Waals surface area (Å²) in [6, 6.07) is 24.9. The molecular weight excluding hydrogens is 442 g/mol. The molecule has 3 aromatic carbocycles. The van der Waals surface area contributed by atoms with Crippen LogP contribution in [0.4, 0.5) is 10.8 Å². The third-order valence-electron chi connectivity index (χ3n) is 5.58. The lowest BCUT2D eigenvalue weighted by Gasteiger charge is -2.23. The van der Waals surface area contributed by atoms with Gasteiger partial charge in [0, 0.05) is 18.7 Å². The first-order valence-electron chi connectivity index (χ1n) is 10.4. The Balaban J connectivity index is 1.48. The van der Waals surface area contributed by atoms with Crippen LogP contribution < -0.4 is 9.80 Å². The van der Waals surface area contributed by atoms with Crippen molar-refractivity contribution in [3.05, 3.63) is 89.4 Å². The lowest BCUT2D eigenvalue weighted by atomic mass is 10.1. The first-order valence-corrected chi connectivity index (χ1v) is 11.6. The standard InChI is InChI=1S/C25H20ClN3O2S/c26-20-12-7-13-21-23(20)27-25(32-21)29(15-17-8-3-1-4-9-17)24(31)18-14-22(30)28(16-18)19-10-5-2-6-11-19/h1-13,18H,14-16H2. The van der Waals surface area contributed by atoms with Crippen molar-refractivity contribution < 1.29 is 9.59 Å². The van der Waals surface area contributed by atoms with Gasteiger partial charge in [-0.3, -0.25) is 14.5 Å². The van der Waals surface area contributed by atoms with Crippen LogP contribution in [0, 0.1) is 5.92 Å².